The molecule has 0 atom stereocenters. The molecule has 0 aliphatic rings. The van der Waals surface area contributed by atoms with Gasteiger partial charge in [-0.2, -0.15) is 4.52 Å². The van der Waals surface area contributed by atoms with Crippen LogP contribution in [0, 0.1) is 6.92 Å². The summed E-state index contributed by atoms with van der Waals surface area (Å²) in [6.07, 6.45) is 0.998. The fourth-order valence-corrected chi connectivity index (χ4v) is 4.43. The highest BCUT2D eigenvalue weighted by molar-refractivity contribution is 7.20. The number of benzene rings is 1. The van der Waals surface area contributed by atoms with Crippen LogP contribution in [0.5, 0.6) is 0 Å². The smallest absolute Gasteiger partial charge is 0.239 e. The molecule has 0 saturated carbocycles. The second-order valence-electron chi connectivity index (χ2n) is 9.46. The number of furan rings is 1. The zero-order valence-electron chi connectivity index (χ0n) is 20.6. The molecular formula is C25H32N6O2S. The third kappa shape index (κ3) is 5.41. The molecule has 3 aromatic heterocycles. The Bertz CT molecular complexity index is 1280. The lowest BCUT2D eigenvalue weighted by molar-refractivity contribution is -0.120. The maximum Gasteiger partial charge on any atom is 0.239 e. The maximum atomic E-state index is 12.5. The van der Waals surface area contributed by atoms with Crippen molar-refractivity contribution in [2.24, 2.45) is 0 Å². The third-order valence-corrected chi connectivity index (χ3v) is 6.31. The average molecular weight is 481 g/mol. The zero-order valence-corrected chi connectivity index (χ0v) is 21.4. The van der Waals surface area contributed by atoms with E-state index in [2.05, 4.69) is 62.6 Å². The lowest BCUT2D eigenvalue weighted by atomic mass is 10.1. The summed E-state index contributed by atoms with van der Waals surface area (Å²) in [5.74, 6) is 2.31. The molecule has 0 aliphatic heterocycles. The van der Waals surface area contributed by atoms with Gasteiger partial charge in [0.25, 0.3) is 0 Å². The van der Waals surface area contributed by atoms with Crippen molar-refractivity contribution in [1.29, 1.82) is 0 Å². The van der Waals surface area contributed by atoms with Crippen LogP contribution in [0.4, 0.5) is 10.9 Å². The van der Waals surface area contributed by atoms with Crippen molar-refractivity contribution in [3.8, 4) is 11.3 Å². The van der Waals surface area contributed by atoms with Crippen molar-refractivity contribution in [2.45, 2.75) is 53.1 Å². The largest absolute Gasteiger partial charge is 0.465 e. The topological polar surface area (TPSA) is 87.7 Å². The first-order valence-corrected chi connectivity index (χ1v) is 12.2. The number of anilines is 2. The van der Waals surface area contributed by atoms with E-state index in [1.807, 2.05) is 35.5 Å². The summed E-state index contributed by atoms with van der Waals surface area (Å²) in [6.45, 7) is 10.9. The van der Waals surface area contributed by atoms with E-state index in [4.69, 9.17) is 14.5 Å². The number of nitrogens with one attached hydrogen (secondary N) is 2. The van der Waals surface area contributed by atoms with Crippen LogP contribution in [0.15, 0.2) is 40.8 Å². The van der Waals surface area contributed by atoms with E-state index >= 15 is 0 Å². The molecule has 0 spiro atoms. The summed E-state index contributed by atoms with van der Waals surface area (Å²) < 4.78 is 7.35. The normalized spacial score (nSPS) is 11.7. The van der Waals surface area contributed by atoms with Gasteiger partial charge in [-0.1, -0.05) is 42.5 Å². The molecule has 1 amide bonds. The number of fused-ring (bicyclic) bond motifs is 1. The van der Waals surface area contributed by atoms with E-state index < -0.39 is 0 Å². The number of likely N-dealkylation sites (N-methyl/N-ethyl adjacent to an activating group) is 1. The van der Waals surface area contributed by atoms with E-state index in [-0.39, 0.29) is 18.0 Å². The van der Waals surface area contributed by atoms with Crippen LogP contribution in [0.25, 0.3) is 16.2 Å². The standard InChI is InChI=1S/C25H32N6O2S/c1-7-17-9-11-18(12-10-17)21-22(28-25(3,4)5)31-23(27-21)34-24(29-31)30(6)15-20(32)26-14-19-13-8-16(2)33-19/h8-13,28H,7,14-15H2,1-6H3,(H,26,32). The number of carbonyl (C=O) groups excluding carboxylic acids is 1. The molecule has 0 bridgehead atoms. The van der Waals surface area contributed by atoms with Gasteiger partial charge >= 0.3 is 0 Å². The molecule has 4 aromatic rings. The summed E-state index contributed by atoms with van der Waals surface area (Å²) in [5, 5.41) is 12.0. The van der Waals surface area contributed by atoms with Crippen molar-refractivity contribution in [2.75, 3.05) is 23.8 Å². The van der Waals surface area contributed by atoms with Gasteiger partial charge < -0.3 is 20.0 Å². The molecular weight excluding hydrogens is 448 g/mol. The highest BCUT2D eigenvalue weighted by Crippen LogP contribution is 2.34. The van der Waals surface area contributed by atoms with Crippen LogP contribution < -0.4 is 15.5 Å². The molecule has 180 valence electrons. The molecule has 8 nitrogen and oxygen atoms in total. The van der Waals surface area contributed by atoms with Crippen molar-refractivity contribution in [3.05, 3.63) is 53.5 Å². The molecule has 34 heavy (non-hydrogen) atoms. The van der Waals surface area contributed by atoms with Crippen molar-refractivity contribution >= 4 is 33.2 Å². The number of hydrogen-bond acceptors (Lipinski definition) is 7. The zero-order chi connectivity index (χ0) is 24.5. The van der Waals surface area contributed by atoms with Crippen LogP contribution in [0.1, 0.15) is 44.8 Å². The van der Waals surface area contributed by atoms with Gasteiger partial charge in [0.05, 0.1) is 13.1 Å². The lowest BCUT2D eigenvalue weighted by Gasteiger charge is -2.22. The summed E-state index contributed by atoms with van der Waals surface area (Å²) in [6, 6.07) is 12.2. The molecule has 0 unspecified atom stereocenters. The Hall–Kier alpha value is -3.33. The van der Waals surface area contributed by atoms with Gasteiger partial charge in [0.1, 0.15) is 17.2 Å². The van der Waals surface area contributed by atoms with Gasteiger partial charge in [-0.25, -0.2) is 4.98 Å². The second-order valence-corrected chi connectivity index (χ2v) is 10.4. The van der Waals surface area contributed by atoms with E-state index in [0.29, 0.717) is 6.54 Å². The SMILES string of the molecule is CCc1ccc(-c2nc3sc(N(C)CC(=O)NCc4ccc(C)o4)nn3c2NC(C)(C)C)cc1. The number of carbonyl (C=O) groups is 1. The first kappa shape index (κ1) is 23.8. The highest BCUT2D eigenvalue weighted by atomic mass is 32.1. The van der Waals surface area contributed by atoms with E-state index in [1.165, 1.54) is 16.9 Å². The number of hydrogen-bond donors (Lipinski definition) is 2. The van der Waals surface area contributed by atoms with Gasteiger partial charge in [0.2, 0.25) is 16.0 Å². The van der Waals surface area contributed by atoms with E-state index in [9.17, 15) is 4.79 Å². The van der Waals surface area contributed by atoms with Gasteiger partial charge in [-0.15, -0.1) is 5.10 Å². The molecule has 1 aromatic carbocycles. The van der Waals surface area contributed by atoms with Gasteiger partial charge in [-0.05, 0) is 51.8 Å². The first-order chi connectivity index (χ1) is 16.1. The van der Waals surface area contributed by atoms with Gasteiger partial charge in [-0.3, -0.25) is 4.79 Å². The predicted octanol–water partition coefficient (Wildman–Crippen LogP) is 4.88. The summed E-state index contributed by atoms with van der Waals surface area (Å²) in [5.41, 5.74) is 3.03. The van der Waals surface area contributed by atoms with Crippen LogP contribution in [-0.2, 0) is 17.8 Å². The minimum Gasteiger partial charge on any atom is -0.465 e. The lowest BCUT2D eigenvalue weighted by Crippen LogP contribution is -2.34. The minimum absolute atomic E-state index is 0.103. The van der Waals surface area contributed by atoms with Gasteiger partial charge in [0, 0.05) is 18.2 Å². The fraction of sp³-hybridized carbons (Fsp3) is 0.400. The molecule has 9 heteroatoms. The number of amides is 1. The van der Waals surface area contributed by atoms with E-state index in [1.54, 1.807) is 0 Å². The van der Waals surface area contributed by atoms with Gasteiger partial charge in [0.15, 0.2) is 5.82 Å². The Kier molecular flexibility index (Phi) is 6.65. The number of rotatable bonds is 8. The third-order valence-electron chi connectivity index (χ3n) is 5.29. The molecule has 4 rings (SSSR count). The second kappa shape index (κ2) is 9.50. The number of imidazole rings is 1. The molecule has 2 N–H and O–H groups in total. The Labute approximate surface area is 204 Å². The van der Waals surface area contributed by atoms with Crippen LogP contribution in [-0.4, -0.2) is 39.6 Å². The number of aryl methyl sites for hydroxylation is 2. The Morgan fingerprint density at radius 2 is 1.91 bits per heavy atom. The van der Waals surface area contributed by atoms with Crippen molar-refractivity contribution in [3.63, 3.8) is 0 Å². The maximum absolute atomic E-state index is 12.5. The Morgan fingerprint density at radius 3 is 2.53 bits per heavy atom. The summed E-state index contributed by atoms with van der Waals surface area (Å²) in [4.78, 5) is 20.0. The number of aromatic nitrogens is 3. The van der Waals surface area contributed by atoms with Crippen LogP contribution >= 0.6 is 11.3 Å². The number of nitrogens with zero attached hydrogens (tertiary/aromatic N) is 4. The van der Waals surface area contributed by atoms with Crippen molar-refractivity contribution in [1.82, 2.24) is 19.9 Å². The highest BCUT2D eigenvalue weighted by Gasteiger charge is 2.23. The molecule has 0 fully saturated rings. The summed E-state index contributed by atoms with van der Waals surface area (Å²) in [7, 11) is 1.86. The van der Waals surface area contributed by atoms with E-state index in [0.717, 1.165) is 45.1 Å². The molecule has 3 heterocycles. The van der Waals surface area contributed by atoms with Crippen LogP contribution in [0.2, 0.25) is 0 Å². The van der Waals surface area contributed by atoms with Crippen LogP contribution in [0.3, 0.4) is 0 Å². The fourth-order valence-electron chi connectivity index (χ4n) is 3.56. The molecule has 0 radical (unpaired) electrons. The Morgan fingerprint density at radius 1 is 1.18 bits per heavy atom. The van der Waals surface area contributed by atoms with Crippen molar-refractivity contribution < 1.29 is 9.21 Å². The Balaban J connectivity index is 1.55. The summed E-state index contributed by atoms with van der Waals surface area (Å²) >= 11 is 1.46. The first-order valence-electron chi connectivity index (χ1n) is 11.4. The quantitative estimate of drug-likeness (QED) is 0.374. The predicted molar refractivity (Wildman–Crippen MR) is 138 cm³/mol. The average Bonchev–Trinajstić information content (AvgIpc) is 3.47. The monoisotopic (exact) mass is 480 g/mol. The minimum atomic E-state index is -0.173. The molecule has 0 aliphatic carbocycles. The molecule has 0 saturated heterocycles.